The van der Waals surface area contributed by atoms with E-state index in [4.69, 9.17) is 11.1 Å². The molecule has 0 aromatic heterocycles. The van der Waals surface area contributed by atoms with E-state index < -0.39 is 0 Å². The molecule has 1 aromatic rings. The molecule has 1 aliphatic rings. The molecule has 0 spiro atoms. The molecule has 0 bridgehead atoms. The van der Waals surface area contributed by atoms with Gasteiger partial charge in [-0.15, -0.1) is 0 Å². The summed E-state index contributed by atoms with van der Waals surface area (Å²) in [5, 5.41) is 7.32. The third-order valence-corrected chi connectivity index (χ3v) is 4.09. The Morgan fingerprint density at radius 1 is 1.37 bits per heavy atom. The molecule has 3 N–H and O–H groups in total. The summed E-state index contributed by atoms with van der Waals surface area (Å²) >= 11 is 0. The smallest absolute Gasteiger partial charge is 0.128 e. The fourth-order valence-corrected chi connectivity index (χ4v) is 2.83. The molecule has 2 unspecified atom stereocenters. The minimum absolute atomic E-state index is 0.0924. The molecule has 0 amide bonds. The molecule has 0 aliphatic carbocycles. The number of nitrogen functional groups attached to an aromatic ring is 1. The van der Waals surface area contributed by atoms with Crippen molar-refractivity contribution in [2.45, 2.75) is 51.7 Å². The molecule has 1 fully saturated rings. The molecule has 3 nitrogen and oxygen atoms in total. The first-order valence-electron chi connectivity index (χ1n) is 6.87. The van der Waals surface area contributed by atoms with Gasteiger partial charge < -0.3 is 5.73 Å². The molecule has 2 rings (SSSR count). The van der Waals surface area contributed by atoms with Crippen LogP contribution in [-0.2, 0) is 6.54 Å². The van der Waals surface area contributed by atoms with Crippen molar-refractivity contribution < 1.29 is 4.39 Å². The number of halogens is 1. The molecule has 0 saturated carbocycles. The predicted octanol–water partition coefficient (Wildman–Crippen LogP) is 2.87. The fraction of sp³-hybridized carbons (Fsp3) is 0.533. The zero-order chi connectivity index (χ0) is 14.0. The summed E-state index contributed by atoms with van der Waals surface area (Å²) in [6, 6.07) is 5.82. The fourth-order valence-electron chi connectivity index (χ4n) is 2.83. The Balaban J connectivity index is 2.16. The van der Waals surface area contributed by atoms with Gasteiger partial charge in [-0.2, -0.15) is 0 Å². The average Bonchev–Trinajstić information content (AvgIpc) is 2.35. The lowest BCUT2D eigenvalue weighted by Crippen LogP contribution is -2.43. The summed E-state index contributed by atoms with van der Waals surface area (Å²) < 4.78 is 14.0. The van der Waals surface area contributed by atoms with Gasteiger partial charge in [-0.05, 0) is 32.8 Å². The van der Waals surface area contributed by atoms with Gasteiger partial charge in [-0.1, -0.05) is 18.6 Å². The highest BCUT2D eigenvalue weighted by Crippen LogP contribution is 2.25. The monoisotopic (exact) mass is 263 g/mol. The van der Waals surface area contributed by atoms with E-state index in [1.807, 2.05) is 0 Å². The third-order valence-electron chi connectivity index (χ3n) is 4.09. The lowest BCUT2D eigenvalue weighted by Gasteiger charge is -2.39. The molecule has 1 saturated heterocycles. The Morgan fingerprint density at radius 3 is 2.53 bits per heavy atom. The maximum Gasteiger partial charge on any atom is 0.128 e. The SMILES string of the molecule is CC1CCCC(C)N1Cc1ccc(C(=N)N)cc1F. The average molecular weight is 263 g/mol. The van der Waals surface area contributed by atoms with Crippen LogP contribution in [0.3, 0.4) is 0 Å². The van der Waals surface area contributed by atoms with E-state index in [0.717, 1.165) is 0 Å². The highest BCUT2D eigenvalue weighted by atomic mass is 19.1. The number of piperidine rings is 1. The summed E-state index contributed by atoms with van der Waals surface area (Å²) in [6.07, 6.45) is 3.61. The lowest BCUT2D eigenvalue weighted by molar-refractivity contribution is 0.0940. The Hall–Kier alpha value is -1.42. The van der Waals surface area contributed by atoms with Gasteiger partial charge >= 0.3 is 0 Å². The van der Waals surface area contributed by atoms with Gasteiger partial charge in [0.15, 0.2) is 0 Å². The van der Waals surface area contributed by atoms with Gasteiger partial charge in [0.25, 0.3) is 0 Å². The van der Waals surface area contributed by atoms with E-state index in [1.165, 1.54) is 25.3 Å². The second kappa shape index (κ2) is 5.70. The van der Waals surface area contributed by atoms with Crippen molar-refractivity contribution in [2.75, 3.05) is 0 Å². The second-order valence-electron chi connectivity index (χ2n) is 5.52. The van der Waals surface area contributed by atoms with Crippen LogP contribution in [0, 0.1) is 11.2 Å². The number of hydrogen-bond donors (Lipinski definition) is 2. The molecule has 1 aliphatic heterocycles. The highest BCUT2D eigenvalue weighted by Gasteiger charge is 2.25. The molecular formula is C15H22FN3. The topological polar surface area (TPSA) is 53.1 Å². The number of nitrogens with two attached hydrogens (primary N) is 1. The van der Waals surface area contributed by atoms with E-state index in [0.29, 0.717) is 29.8 Å². The van der Waals surface area contributed by atoms with Gasteiger partial charge in [0.2, 0.25) is 0 Å². The second-order valence-corrected chi connectivity index (χ2v) is 5.52. The molecule has 104 valence electrons. The van der Waals surface area contributed by atoms with E-state index in [1.54, 1.807) is 12.1 Å². The quantitative estimate of drug-likeness (QED) is 0.651. The van der Waals surface area contributed by atoms with Crippen LogP contribution in [0.5, 0.6) is 0 Å². The number of nitrogens with zero attached hydrogens (tertiary/aromatic N) is 1. The molecule has 4 heteroatoms. The molecule has 0 radical (unpaired) electrons. The van der Waals surface area contributed by atoms with Crippen molar-refractivity contribution in [1.82, 2.24) is 4.90 Å². The van der Waals surface area contributed by atoms with E-state index in [2.05, 4.69) is 18.7 Å². The van der Waals surface area contributed by atoms with E-state index in [9.17, 15) is 4.39 Å². The number of amidine groups is 1. The van der Waals surface area contributed by atoms with Gasteiger partial charge in [0.1, 0.15) is 11.7 Å². The Labute approximate surface area is 114 Å². The zero-order valence-electron chi connectivity index (χ0n) is 11.6. The van der Waals surface area contributed by atoms with E-state index >= 15 is 0 Å². The van der Waals surface area contributed by atoms with Crippen LogP contribution in [0.4, 0.5) is 4.39 Å². The summed E-state index contributed by atoms with van der Waals surface area (Å²) in [5.74, 6) is -0.358. The van der Waals surface area contributed by atoms with Crippen molar-refractivity contribution >= 4 is 5.84 Å². The van der Waals surface area contributed by atoms with Gasteiger partial charge in [0.05, 0.1) is 0 Å². The van der Waals surface area contributed by atoms with Crippen LogP contribution in [0.1, 0.15) is 44.2 Å². The number of nitrogens with one attached hydrogen (secondary N) is 1. The Bertz CT molecular complexity index is 462. The van der Waals surface area contributed by atoms with Crippen molar-refractivity contribution in [3.63, 3.8) is 0 Å². The summed E-state index contributed by atoms with van der Waals surface area (Å²) in [5.41, 5.74) is 6.50. The lowest BCUT2D eigenvalue weighted by atomic mass is 9.96. The number of benzene rings is 1. The largest absolute Gasteiger partial charge is 0.384 e. The third kappa shape index (κ3) is 3.13. The van der Waals surface area contributed by atoms with Crippen LogP contribution in [0.25, 0.3) is 0 Å². The number of rotatable bonds is 3. The van der Waals surface area contributed by atoms with Crippen molar-refractivity contribution in [2.24, 2.45) is 5.73 Å². The Morgan fingerprint density at radius 2 is 2.00 bits per heavy atom. The summed E-state index contributed by atoms with van der Waals surface area (Å²) in [7, 11) is 0. The van der Waals surface area contributed by atoms with Gasteiger partial charge in [-0.25, -0.2) is 4.39 Å². The van der Waals surface area contributed by atoms with E-state index in [-0.39, 0.29) is 11.7 Å². The number of likely N-dealkylation sites (tertiary alicyclic amines) is 1. The van der Waals surface area contributed by atoms with Crippen LogP contribution >= 0.6 is 0 Å². The van der Waals surface area contributed by atoms with Crippen LogP contribution in [0.15, 0.2) is 18.2 Å². The Kier molecular flexibility index (Phi) is 4.20. The highest BCUT2D eigenvalue weighted by molar-refractivity contribution is 5.94. The zero-order valence-corrected chi connectivity index (χ0v) is 11.6. The molecule has 19 heavy (non-hydrogen) atoms. The first kappa shape index (κ1) is 14.0. The molecule has 1 aromatic carbocycles. The first-order valence-corrected chi connectivity index (χ1v) is 6.87. The summed E-state index contributed by atoms with van der Waals surface area (Å²) in [4.78, 5) is 2.36. The van der Waals surface area contributed by atoms with Crippen LogP contribution in [-0.4, -0.2) is 22.8 Å². The maximum absolute atomic E-state index is 14.0. The standard InChI is InChI=1S/C15H22FN3/c1-10-4-3-5-11(2)19(10)9-13-7-6-12(15(17)18)8-14(13)16/h6-8,10-11H,3-5,9H2,1-2H3,(H3,17,18). The normalized spacial score (nSPS) is 24.4. The van der Waals surface area contributed by atoms with Crippen molar-refractivity contribution in [1.29, 1.82) is 5.41 Å². The predicted molar refractivity (Wildman–Crippen MR) is 75.7 cm³/mol. The number of hydrogen-bond acceptors (Lipinski definition) is 2. The minimum Gasteiger partial charge on any atom is -0.384 e. The molecular weight excluding hydrogens is 241 g/mol. The summed E-state index contributed by atoms with van der Waals surface area (Å²) in [6.45, 7) is 5.04. The first-order chi connectivity index (χ1) is 8.99. The van der Waals surface area contributed by atoms with Crippen LogP contribution in [0.2, 0.25) is 0 Å². The van der Waals surface area contributed by atoms with Gasteiger partial charge in [0, 0.05) is 29.8 Å². The van der Waals surface area contributed by atoms with Crippen LogP contribution < -0.4 is 5.73 Å². The van der Waals surface area contributed by atoms with Crippen molar-refractivity contribution in [3.8, 4) is 0 Å². The van der Waals surface area contributed by atoms with Gasteiger partial charge in [-0.3, -0.25) is 10.3 Å². The van der Waals surface area contributed by atoms with Crippen molar-refractivity contribution in [3.05, 3.63) is 35.1 Å². The molecule has 1 heterocycles. The molecule has 2 atom stereocenters. The minimum atomic E-state index is -0.266. The maximum atomic E-state index is 14.0.